The number of unbranched alkanes of at least 4 members (excludes halogenated alkanes) is 2. The molecular weight excluding hydrogens is 370 g/mol. The second kappa shape index (κ2) is 10.2. The first-order valence-electron chi connectivity index (χ1n) is 10.3. The van der Waals surface area contributed by atoms with Crippen molar-refractivity contribution in [1.29, 1.82) is 0 Å². The van der Waals surface area contributed by atoms with Gasteiger partial charge in [-0.25, -0.2) is 8.42 Å². The fourth-order valence-electron chi connectivity index (χ4n) is 3.78. The van der Waals surface area contributed by atoms with Crippen LogP contribution in [-0.2, 0) is 21.4 Å². The van der Waals surface area contributed by atoms with E-state index in [9.17, 15) is 8.42 Å². The second-order valence-electron chi connectivity index (χ2n) is 7.61. The van der Waals surface area contributed by atoms with Crippen molar-refractivity contribution in [3.63, 3.8) is 0 Å². The molecule has 28 heavy (non-hydrogen) atoms. The van der Waals surface area contributed by atoms with Gasteiger partial charge < -0.3 is 4.74 Å². The van der Waals surface area contributed by atoms with Crippen molar-refractivity contribution in [3.05, 3.63) is 65.7 Å². The van der Waals surface area contributed by atoms with Crippen molar-refractivity contribution in [1.82, 2.24) is 4.31 Å². The van der Waals surface area contributed by atoms with Gasteiger partial charge in [0.25, 0.3) is 0 Å². The maximum atomic E-state index is 13.0. The van der Waals surface area contributed by atoms with Crippen molar-refractivity contribution >= 4 is 10.0 Å². The van der Waals surface area contributed by atoms with Crippen LogP contribution in [0.3, 0.4) is 0 Å². The Labute approximate surface area is 169 Å². The first-order chi connectivity index (χ1) is 13.6. The fraction of sp³-hybridized carbons (Fsp3) is 0.478. The molecule has 1 aliphatic heterocycles. The lowest BCUT2D eigenvalue weighted by molar-refractivity contribution is 0.116. The van der Waals surface area contributed by atoms with Crippen molar-refractivity contribution in [2.75, 3.05) is 13.2 Å². The van der Waals surface area contributed by atoms with E-state index in [0.29, 0.717) is 18.0 Å². The lowest BCUT2D eigenvalue weighted by Gasteiger charge is -2.24. The molecule has 0 bridgehead atoms. The highest BCUT2D eigenvalue weighted by Gasteiger charge is 2.34. The SMILES string of the molecule is Cc1ccc(S(=O)(=O)N2CCC[C@H]2CCCCCOCc2ccccc2)cc1. The summed E-state index contributed by atoms with van der Waals surface area (Å²) >= 11 is 0. The van der Waals surface area contributed by atoms with E-state index >= 15 is 0 Å². The van der Waals surface area contributed by atoms with E-state index in [0.717, 1.165) is 50.7 Å². The van der Waals surface area contributed by atoms with Gasteiger partial charge in [0.15, 0.2) is 0 Å². The average Bonchev–Trinajstić information content (AvgIpc) is 3.18. The van der Waals surface area contributed by atoms with Gasteiger partial charge in [-0.05, 0) is 50.3 Å². The smallest absolute Gasteiger partial charge is 0.243 e. The van der Waals surface area contributed by atoms with E-state index in [2.05, 4.69) is 12.1 Å². The average molecular weight is 402 g/mol. The number of hydrogen-bond acceptors (Lipinski definition) is 3. The Morgan fingerprint density at radius 2 is 1.75 bits per heavy atom. The second-order valence-corrected chi connectivity index (χ2v) is 9.50. The van der Waals surface area contributed by atoms with Gasteiger partial charge in [-0.1, -0.05) is 60.9 Å². The molecule has 0 aliphatic carbocycles. The van der Waals surface area contributed by atoms with Crippen LogP contribution in [0, 0.1) is 6.92 Å². The molecule has 2 aromatic rings. The standard InChI is InChI=1S/C23H31NO3S/c1-20-13-15-23(16-14-20)28(25,26)24-17-8-12-22(24)11-6-3-7-18-27-19-21-9-4-2-5-10-21/h2,4-5,9-10,13-16,22H,3,6-8,11-12,17-19H2,1H3/t22-/m1/s1. The van der Waals surface area contributed by atoms with Crippen molar-refractivity contribution in [2.24, 2.45) is 0 Å². The summed E-state index contributed by atoms with van der Waals surface area (Å²) in [7, 11) is -3.38. The van der Waals surface area contributed by atoms with E-state index in [1.54, 1.807) is 16.4 Å². The Hall–Kier alpha value is -1.69. The van der Waals surface area contributed by atoms with Crippen LogP contribution in [0.1, 0.15) is 49.7 Å². The van der Waals surface area contributed by atoms with Gasteiger partial charge in [0.05, 0.1) is 11.5 Å². The molecule has 0 N–H and O–H groups in total. The molecular formula is C23H31NO3S. The molecule has 0 aromatic heterocycles. The highest BCUT2D eigenvalue weighted by molar-refractivity contribution is 7.89. The molecule has 5 heteroatoms. The zero-order valence-corrected chi connectivity index (χ0v) is 17.5. The predicted octanol–water partition coefficient (Wildman–Crippen LogP) is 4.93. The van der Waals surface area contributed by atoms with Gasteiger partial charge in [0.2, 0.25) is 10.0 Å². The first-order valence-corrected chi connectivity index (χ1v) is 11.7. The summed E-state index contributed by atoms with van der Waals surface area (Å²) < 4.78 is 33.4. The third kappa shape index (κ3) is 5.66. The minimum Gasteiger partial charge on any atom is -0.377 e. The highest BCUT2D eigenvalue weighted by Crippen LogP contribution is 2.29. The van der Waals surface area contributed by atoms with Crippen LogP contribution in [0.2, 0.25) is 0 Å². The van der Waals surface area contributed by atoms with Crippen molar-refractivity contribution in [3.8, 4) is 0 Å². The van der Waals surface area contributed by atoms with Gasteiger partial charge in [-0.15, -0.1) is 0 Å². The molecule has 2 aromatic carbocycles. The van der Waals surface area contributed by atoms with E-state index in [1.165, 1.54) is 5.56 Å². The van der Waals surface area contributed by atoms with Crippen LogP contribution < -0.4 is 0 Å². The number of nitrogens with zero attached hydrogens (tertiary/aromatic N) is 1. The molecule has 0 unspecified atom stereocenters. The van der Waals surface area contributed by atoms with Crippen LogP contribution in [-0.4, -0.2) is 31.9 Å². The van der Waals surface area contributed by atoms with Crippen LogP contribution in [0.15, 0.2) is 59.5 Å². The van der Waals surface area contributed by atoms with Crippen molar-refractivity contribution < 1.29 is 13.2 Å². The van der Waals surface area contributed by atoms with E-state index in [-0.39, 0.29) is 6.04 Å². The van der Waals surface area contributed by atoms with E-state index in [1.807, 2.05) is 37.3 Å². The largest absolute Gasteiger partial charge is 0.377 e. The van der Waals surface area contributed by atoms with Gasteiger partial charge in [0, 0.05) is 19.2 Å². The summed E-state index contributed by atoms with van der Waals surface area (Å²) in [4.78, 5) is 0.416. The summed E-state index contributed by atoms with van der Waals surface area (Å²) in [5.41, 5.74) is 2.27. The number of ether oxygens (including phenoxy) is 1. The van der Waals surface area contributed by atoms with Gasteiger partial charge in [-0.2, -0.15) is 4.31 Å². The minimum absolute atomic E-state index is 0.136. The highest BCUT2D eigenvalue weighted by atomic mass is 32.2. The third-order valence-corrected chi connectivity index (χ3v) is 7.35. The molecule has 1 atom stereocenters. The Morgan fingerprint density at radius 3 is 2.50 bits per heavy atom. The normalized spacial score (nSPS) is 17.8. The summed E-state index contributed by atoms with van der Waals surface area (Å²) in [6.45, 7) is 4.02. The predicted molar refractivity (Wildman–Crippen MR) is 113 cm³/mol. The number of hydrogen-bond donors (Lipinski definition) is 0. The first kappa shape index (κ1) is 21.0. The Balaban J connectivity index is 1.40. The maximum Gasteiger partial charge on any atom is 0.243 e. The molecule has 1 heterocycles. The lowest BCUT2D eigenvalue weighted by Crippen LogP contribution is -2.35. The summed E-state index contributed by atoms with van der Waals surface area (Å²) in [6, 6.07) is 17.5. The summed E-state index contributed by atoms with van der Waals surface area (Å²) in [5, 5.41) is 0. The minimum atomic E-state index is -3.38. The molecule has 152 valence electrons. The molecule has 0 radical (unpaired) electrons. The zero-order valence-electron chi connectivity index (χ0n) is 16.7. The Morgan fingerprint density at radius 1 is 1.00 bits per heavy atom. The van der Waals surface area contributed by atoms with Crippen molar-refractivity contribution in [2.45, 2.75) is 63.0 Å². The molecule has 0 spiro atoms. The number of benzene rings is 2. The number of rotatable bonds is 10. The van der Waals surface area contributed by atoms with Gasteiger partial charge >= 0.3 is 0 Å². The van der Waals surface area contributed by atoms with Crippen LogP contribution in [0.25, 0.3) is 0 Å². The molecule has 4 nitrogen and oxygen atoms in total. The van der Waals surface area contributed by atoms with E-state index < -0.39 is 10.0 Å². The molecule has 1 aliphatic rings. The van der Waals surface area contributed by atoms with E-state index in [4.69, 9.17) is 4.74 Å². The lowest BCUT2D eigenvalue weighted by atomic mass is 10.1. The fourth-order valence-corrected chi connectivity index (χ4v) is 5.51. The van der Waals surface area contributed by atoms with Crippen LogP contribution >= 0.6 is 0 Å². The Kier molecular flexibility index (Phi) is 7.65. The summed E-state index contributed by atoms with van der Waals surface area (Å²) in [5.74, 6) is 0. The Bertz CT molecular complexity index is 819. The quantitative estimate of drug-likeness (QED) is 0.531. The molecule has 1 fully saturated rings. The molecule has 0 amide bonds. The van der Waals surface area contributed by atoms with Crippen LogP contribution in [0.4, 0.5) is 0 Å². The molecule has 0 saturated carbocycles. The molecule has 1 saturated heterocycles. The summed E-state index contributed by atoms with van der Waals surface area (Å²) in [6.07, 6.45) is 5.99. The third-order valence-electron chi connectivity index (χ3n) is 5.39. The van der Waals surface area contributed by atoms with Crippen LogP contribution in [0.5, 0.6) is 0 Å². The topological polar surface area (TPSA) is 46.6 Å². The maximum absolute atomic E-state index is 13.0. The van der Waals surface area contributed by atoms with Gasteiger partial charge in [0.1, 0.15) is 0 Å². The molecule has 3 rings (SSSR count). The number of sulfonamides is 1. The zero-order chi connectivity index (χ0) is 19.8. The van der Waals surface area contributed by atoms with Gasteiger partial charge in [-0.3, -0.25) is 0 Å². The number of aryl methyl sites for hydroxylation is 1. The monoisotopic (exact) mass is 401 g/mol.